The second-order valence-corrected chi connectivity index (χ2v) is 7.11. The monoisotopic (exact) mass is 392 g/mol. The van der Waals surface area contributed by atoms with E-state index < -0.39 is 0 Å². The van der Waals surface area contributed by atoms with E-state index in [1.807, 2.05) is 24.5 Å². The Hall–Kier alpha value is -4.26. The lowest BCUT2D eigenvalue weighted by molar-refractivity contribution is 0.568. The fourth-order valence-electron chi connectivity index (χ4n) is 3.86. The Bertz CT molecular complexity index is 1390. The highest BCUT2D eigenvalue weighted by atomic mass is 16.3. The molecular weight excluding hydrogens is 376 g/mol. The number of nitrogens with one attached hydrogen (secondary N) is 2. The van der Waals surface area contributed by atoms with E-state index >= 15 is 0 Å². The quantitative estimate of drug-likeness (QED) is 0.482. The summed E-state index contributed by atoms with van der Waals surface area (Å²) < 4.78 is 5.25. The van der Waals surface area contributed by atoms with E-state index in [0.717, 1.165) is 50.3 Å². The molecule has 7 heteroatoms. The molecule has 5 heterocycles. The largest absolute Gasteiger partial charge is 0.472 e. The van der Waals surface area contributed by atoms with Gasteiger partial charge in [0.25, 0.3) is 0 Å². The van der Waals surface area contributed by atoms with Crippen molar-refractivity contribution in [3.8, 4) is 22.4 Å². The second-order valence-electron chi connectivity index (χ2n) is 7.11. The van der Waals surface area contributed by atoms with Crippen molar-refractivity contribution in [2.45, 2.75) is 6.54 Å². The van der Waals surface area contributed by atoms with Crippen LogP contribution >= 0.6 is 0 Å². The molecule has 4 aromatic heterocycles. The van der Waals surface area contributed by atoms with E-state index in [4.69, 9.17) is 4.42 Å². The van der Waals surface area contributed by atoms with Crippen LogP contribution in [-0.2, 0) is 6.54 Å². The number of pyridine rings is 1. The Kier molecular flexibility index (Phi) is 3.70. The topological polar surface area (TPSA) is 92.0 Å². The lowest BCUT2D eigenvalue weighted by Gasteiger charge is -2.18. The third-order valence-corrected chi connectivity index (χ3v) is 5.32. The van der Waals surface area contributed by atoms with Crippen molar-refractivity contribution in [2.24, 2.45) is 5.10 Å². The van der Waals surface area contributed by atoms with Crippen LogP contribution in [-0.4, -0.2) is 25.6 Å². The Morgan fingerprint density at radius 2 is 1.87 bits per heavy atom. The fourth-order valence-corrected chi connectivity index (χ4v) is 3.86. The highest BCUT2D eigenvalue weighted by Gasteiger charge is 2.20. The van der Waals surface area contributed by atoms with Crippen molar-refractivity contribution in [1.82, 2.24) is 25.4 Å². The Morgan fingerprint density at radius 3 is 2.73 bits per heavy atom. The van der Waals surface area contributed by atoms with Crippen LogP contribution in [0.4, 0.5) is 0 Å². The van der Waals surface area contributed by atoms with Gasteiger partial charge in [-0.1, -0.05) is 12.1 Å². The van der Waals surface area contributed by atoms with Crippen LogP contribution in [0.3, 0.4) is 0 Å². The molecule has 0 saturated heterocycles. The van der Waals surface area contributed by atoms with Crippen LogP contribution in [0.1, 0.15) is 16.8 Å². The molecule has 0 unspecified atom stereocenters. The normalized spacial score (nSPS) is 13.0. The van der Waals surface area contributed by atoms with E-state index in [1.165, 1.54) is 11.9 Å². The maximum Gasteiger partial charge on any atom is 0.115 e. The maximum atomic E-state index is 5.25. The van der Waals surface area contributed by atoms with Gasteiger partial charge in [0.2, 0.25) is 0 Å². The highest BCUT2D eigenvalue weighted by molar-refractivity contribution is 6.16. The van der Waals surface area contributed by atoms with Gasteiger partial charge in [0.1, 0.15) is 12.0 Å². The zero-order valence-corrected chi connectivity index (χ0v) is 15.8. The minimum atomic E-state index is 0.687. The lowest BCUT2D eigenvalue weighted by Crippen LogP contribution is -2.21. The zero-order chi connectivity index (χ0) is 19.9. The van der Waals surface area contributed by atoms with Crippen LogP contribution in [0, 0.1) is 0 Å². The van der Waals surface area contributed by atoms with E-state index in [2.05, 4.69) is 54.7 Å². The van der Waals surface area contributed by atoms with Crippen molar-refractivity contribution in [2.75, 3.05) is 0 Å². The van der Waals surface area contributed by atoms with Crippen molar-refractivity contribution in [3.05, 3.63) is 90.7 Å². The molecule has 2 N–H and O–H groups in total. The predicted molar refractivity (Wildman–Crippen MR) is 114 cm³/mol. The van der Waals surface area contributed by atoms with E-state index in [0.29, 0.717) is 6.54 Å². The van der Waals surface area contributed by atoms with Crippen molar-refractivity contribution in [1.29, 1.82) is 0 Å². The maximum absolute atomic E-state index is 5.25. The van der Waals surface area contributed by atoms with Crippen molar-refractivity contribution in [3.63, 3.8) is 0 Å². The van der Waals surface area contributed by atoms with Crippen LogP contribution in [0.15, 0.2) is 83.4 Å². The van der Waals surface area contributed by atoms with Crippen LogP contribution in [0.25, 0.3) is 33.3 Å². The number of aromatic nitrogens is 4. The highest BCUT2D eigenvalue weighted by Crippen LogP contribution is 2.30. The number of fused-ring (bicyclic) bond motifs is 2. The summed E-state index contributed by atoms with van der Waals surface area (Å²) in [5.41, 5.74) is 12.1. The molecule has 144 valence electrons. The first-order valence-corrected chi connectivity index (χ1v) is 9.57. The van der Waals surface area contributed by atoms with Gasteiger partial charge < -0.3 is 14.8 Å². The van der Waals surface area contributed by atoms with Crippen molar-refractivity contribution < 1.29 is 4.42 Å². The molecule has 6 rings (SSSR count). The zero-order valence-electron chi connectivity index (χ0n) is 15.8. The molecule has 5 aromatic rings. The smallest absolute Gasteiger partial charge is 0.115 e. The molecule has 1 aliphatic rings. The van der Waals surface area contributed by atoms with Gasteiger partial charge in [-0.2, -0.15) is 5.10 Å². The van der Waals surface area contributed by atoms with Gasteiger partial charge in [-0.15, -0.1) is 0 Å². The van der Waals surface area contributed by atoms with Gasteiger partial charge in [-0.05, 0) is 35.4 Å². The molecule has 0 bridgehead atoms. The first-order chi connectivity index (χ1) is 14.9. The molecule has 0 saturated carbocycles. The molecule has 0 amide bonds. The minimum absolute atomic E-state index is 0.687. The molecule has 7 nitrogen and oxygen atoms in total. The molecular formula is C23H16N6O. The molecule has 0 aliphatic carbocycles. The lowest BCUT2D eigenvalue weighted by atomic mass is 9.95. The third-order valence-electron chi connectivity index (χ3n) is 5.32. The average Bonchev–Trinajstić information content (AvgIpc) is 3.49. The molecule has 0 radical (unpaired) electrons. The number of hydrazone groups is 1. The summed E-state index contributed by atoms with van der Waals surface area (Å²) >= 11 is 0. The van der Waals surface area contributed by atoms with Gasteiger partial charge in [0.15, 0.2) is 0 Å². The predicted octanol–water partition coefficient (Wildman–Crippen LogP) is 4.14. The van der Waals surface area contributed by atoms with E-state index in [-0.39, 0.29) is 0 Å². The van der Waals surface area contributed by atoms with E-state index in [9.17, 15) is 0 Å². The number of benzene rings is 1. The number of furan rings is 1. The summed E-state index contributed by atoms with van der Waals surface area (Å²) in [4.78, 5) is 16.3. The van der Waals surface area contributed by atoms with Crippen molar-refractivity contribution >= 4 is 16.6 Å². The fraction of sp³-hybridized carbons (Fsp3) is 0.0435. The minimum Gasteiger partial charge on any atom is -0.472 e. The number of aromatic amines is 1. The summed E-state index contributed by atoms with van der Waals surface area (Å²) in [5.74, 6) is 0. The molecule has 1 aromatic carbocycles. The number of rotatable bonds is 3. The number of hydrogen-bond acceptors (Lipinski definition) is 6. The van der Waals surface area contributed by atoms with E-state index in [1.54, 1.807) is 18.7 Å². The molecule has 1 aliphatic heterocycles. The summed E-state index contributed by atoms with van der Waals surface area (Å²) in [5, 5.41) is 5.65. The van der Waals surface area contributed by atoms with Crippen LogP contribution < -0.4 is 5.43 Å². The summed E-state index contributed by atoms with van der Waals surface area (Å²) in [6, 6.07) is 12.3. The van der Waals surface area contributed by atoms with Gasteiger partial charge in [-0.25, -0.2) is 9.97 Å². The third kappa shape index (κ3) is 2.68. The molecule has 0 atom stereocenters. The molecule has 0 spiro atoms. The first kappa shape index (κ1) is 16.7. The van der Waals surface area contributed by atoms with Crippen LogP contribution in [0.2, 0.25) is 0 Å². The number of hydrogen-bond donors (Lipinski definition) is 2. The SMILES string of the molecule is c1ncc(-c2ccc3c(c2)C(c2cc4c(-c5ccoc5)nccc4[nH]2)=NNC3)cn1. The molecule has 0 fully saturated rings. The second kappa shape index (κ2) is 6.66. The standard InChI is InChI=1S/C23H16N6O/c1-2-15-11-27-29-23(18(15)7-14(1)17-9-24-13-25-10-17)21-8-19-20(28-21)3-5-26-22(19)16-4-6-30-12-16/h1-10,12-13,27-28H,11H2. The Labute approximate surface area is 171 Å². The Morgan fingerprint density at radius 1 is 0.933 bits per heavy atom. The molecule has 30 heavy (non-hydrogen) atoms. The first-order valence-electron chi connectivity index (χ1n) is 9.57. The Balaban J connectivity index is 1.49. The average molecular weight is 392 g/mol. The number of H-pyrrole nitrogens is 1. The van der Waals surface area contributed by atoms with Crippen LogP contribution in [0.5, 0.6) is 0 Å². The summed E-state index contributed by atoms with van der Waals surface area (Å²) in [7, 11) is 0. The summed E-state index contributed by atoms with van der Waals surface area (Å²) in [6.07, 6.45) is 10.3. The van der Waals surface area contributed by atoms with Gasteiger partial charge >= 0.3 is 0 Å². The van der Waals surface area contributed by atoms with Gasteiger partial charge in [0.05, 0.1) is 30.5 Å². The van der Waals surface area contributed by atoms with Gasteiger partial charge in [0, 0.05) is 46.2 Å². The number of nitrogens with zero attached hydrogens (tertiary/aromatic N) is 4. The summed E-state index contributed by atoms with van der Waals surface area (Å²) in [6.45, 7) is 0.687. The van der Waals surface area contributed by atoms with Gasteiger partial charge in [-0.3, -0.25) is 4.98 Å².